The van der Waals surface area contributed by atoms with Crippen LogP contribution in [0.5, 0.6) is 17.2 Å². The van der Waals surface area contributed by atoms with Crippen molar-refractivity contribution in [2.75, 3.05) is 40.3 Å². The number of rotatable bonds is 7. The summed E-state index contributed by atoms with van der Waals surface area (Å²) in [6.07, 6.45) is 3.29. The van der Waals surface area contributed by atoms with Crippen LogP contribution in [0.15, 0.2) is 46.6 Å². The fraction of sp³-hybridized carbons (Fsp3) is 0.263. The number of hydrogen-bond donors (Lipinski definition) is 0. The van der Waals surface area contributed by atoms with Gasteiger partial charge in [-0.15, -0.1) is 0 Å². The van der Waals surface area contributed by atoms with Crippen LogP contribution in [-0.2, 0) is 0 Å². The Hall–Kier alpha value is -3.02. The van der Waals surface area contributed by atoms with Crippen LogP contribution in [-0.4, -0.2) is 47.9 Å². The lowest BCUT2D eigenvalue weighted by Crippen LogP contribution is -2.08. The predicted molar refractivity (Wildman–Crippen MR) is 102 cm³/mol. The fourth-order valence-corrected chi connectivity index (χ4v) is 2.21. The first-order chi connectivity index (χ1) is 12.1. The molecule has 0 amide bonds. The van der Waals surface area contributed by atoms with Crippen LogP contribution >= 0.6 is 0 Å². The summed E-state index contributed by atoms with van der Waals surface area (Å²) in [6, 6.07) is 11.6. The first kappa shape index (κ1) is 18.3. The maximum atomic E-state index is 5.37. The van der Waals surface area contributed by atoms with Gasteiger partial charge in [0, 0.05) is 31.9 Å². The molecule has 0 heterocycles. The number of hydrogen-bond acceptors (Lipinski definition) is 6. The first-order valence-electron chi connectivity index (χ1n) is 7.72. The zero-order valence-corrected chi connectivity index (χ0v) is 15.2. The van der Waals surface area contributed by atoms with E-state index in [0.29, 0.717) is 22.8 Å². The van der Waals surface area contributed by atoms with Crippen molar-refractivity contribution in [2.24, 2.45) is 10.2 Å². The minimum Gasteiger partial charge on any atom is -0.496 e. The van der Waals surface area contributed by atoms with Crippen molar-refractivity contribution in [1.82, 2.24) is 0 Å². The van der Waals surface area contributed by atoms with Crippen LogP contribution in [0.3, 0.4) is 0 Å². The fourth-order valence-electron chi connectivity index (χ4n) is 2.21. The third kappa shape index (κ3) is 4.73. The van der Waals surface area contributed by atoms with Gasteiger partial charge in [0.15, 0.2) is 0 Å². The van der Waals surface area contributed by atoms with E-state index in [1.807, 2.05) is 43.3 Å². The Balaban J connectivity index is 2.18. The van der Waals surface area contributed by atoms with Crippen LogP contribution in [0.25, 0.3) is 0 Å². The van der Waals surface area contributed by atoms with Gasteiger partial charge in [0.05, 0.1) is 39.3 Å². The molecule has 0 aliphatic carbocycles. The van der Waals surface area contributed by atoms with Gasteiger partial charge in [-0.05, 0) is 17.7 Å². The highest BCUT2D eigenvalue weighted by Crippen LogP contribution is 2.32. The molecule has 0 radical (unpaired) electrons. The topological polar surface area (TPSA) is 55.7 Å². The summed E-state index contributed by atoms with van der Waals surface area (Å²) in [5, 5.41) is 8.19. The summed E-state index contributed by atoms with van der Waals surface area (Å²) < 4.78 is 16.0. The van der Waals surface area contributed by atoms with E-state index in [-0.39, 0.29) is 0 Å². The van der Waals surface area contributed by atoms with E-state index < -0.39 is 0 Å². The van der Waals surface area contributed by atoms with E-state index in [0.717, 1.165) is 11.3 Å². The molecule has 2 aromatic rings. The van der Waals surface area contributed by atoms with Crippen LogP contribution in [0.2, 0.25) is 0 Å². The molecule has 0 spiro atoms. The number of methoxy groups -OCH3 is 3. The van der Waals surface area contributed by atoms with Gasteiger partial charge in [0.25, 0.3) is 0 Å². The highest BCUT2D eigenvalue weighted by molar-refractivity contribution is 5.89. The average Bonchev–Trinajstić information content (AvgIpc) is 2.65. The second-order valence-electron chi connectivity index (χ2n) is 5.42. The molecule has 6 nitrogen and oxygen atoms in total. The molecule has 0 aliphatic rings. The van der Waals surface area contributed by atoms with Crippen molar-refractivity contribution in [1.29, 1.82) is 0 Å². The normalized spacial score (nSPS) is 11.1. The average molecular weight is 341 g/mol. The Morgan fingerprint density at radius 3 is 1.84 bits per heavy atom. The molecule has 0 saturated heterocycles. The molecule has 0 N–H and O–H groups in total. The summed E-state index contributed by atoms with van der Waals surface area (Å²) in [4.78, 5) is 2.04. The number of benzene rings is 2. The van der Waals surface area contributed by atoms with Crippen LogP contribution < -0.4 is 19.1 Å². The highest BCUT2D eigenvalue weighted by Gasteiger charge is 2.11. The van der Waals surface area contributed by atoms with Gasteiger partial charge >= 0.3 is 0 Å². The van der Waals surface area contributed by atoms with E-state index in [2.05, 4.69) is 10.2 Å². The van der Waals surface area contributed by atoms with E-state index in [1.54, 1.807) is 45.9 Å². The molecular weight excluding hydrogens is 318 g/mol. The van der Waals surface area contributed by atoms with E-state index in [1.165, 1.54) is 0 Å². The molecule has 0 saturated carbocycles. The smallest absolute Gasteiger partial charge is 0.135 e. The third-order valence-electron chi connectivity index (χ3n) is 3.62. The van der Waals surface area contributed by atoms with E-state index in [4.69, 9.17) is 14.2 Å². The SMILES string of the molecule is COc1cc(OC)c(/C=N/N=C/c2ccc(N(C)C)cc2)c(OC)c1. The Bertz CT molecular complexity index is 728. The number of ether oxygens (including phenoxy) is 3. The van der Waals surface area contributed by atoms with Gasteiger partial charge < -0.3 is 19.1 Å². The summed E-state index contributed by atoms with van der Waals surface area (Å²) in [5.41, 5.74) is 2.80. The second kappa shape index (κ2) is 8.73. The van der Waals surface area contributed by atoms with Crippen molar-refractivity contribution in [2.45, 2.75) is 0 Å². The molecule has 0 aromatic heterocycles. The Kier molecular flexibility index (Phi) is 6.39. The van der Waals surface area contributed by atoms with Crippen molar-refractivity contribution < 1.29 is 14.2 Å². The summed E-state index contributed by atoms with van der Waals surface area (Å²) in [7, 11) is 8.77. The molecule has 0 fully saturated rings. The lowest BCUT2D eigenvalue weighted by atomic mass is 10.2. The molecule has 2 aromatic carbocycles. The third-order valence-corrected chi connectivity index (χ3v) is 3.62. The highest BCUT2D eigenvalue weighted by atomic mass is 16.5. The molecular formula is C19H23N3O3. The lowest BCUT2D eigenvalue weighted by Gasteiger charge is -2.11. The van der Waals surface area contributed by atoms with Crippen molar-refractivity contribution in [3.63, 3.8) is 0 Å². The van der Waals surface area contributed by atoms with Gasteiger partial charge in [0.1, 0.15) is 17.2 Å². The summed E-state index contributed by atoms with van der Waals surface area (Å²) in [5.74, 6) is 1.85. The standard InChI is InChI=1S/C19H23N3O3/c1-22(2)15-8-6-14(7-9-15)12-20-21-13-17-18(24-4)10-16(23-3)11-19(17)25-5/h6-13H,1-5H3/b20-12+,21-13+. The van der Waals surface area contributed by atoms with Gasteiger partial charge in [0.2, 0.25) is 0 Å². The van der Waals surface area contributed by atoms with Gasteiger partial charge in [-0.3, -0.25) is 0 Å². The van der Waals surface area contributed by atoms with Crippen LogP contribution in [0, 0.1) is 0 Å². The minimum atomic E-state index is 0.602. The van der Waals surface area contributed by atoms with Crippen molar-refractivity contribution >= 4 is 18.1 Å². The largest absolute Gasteiger partial charge is 0.496 e. The number of nitrogens with zero attached hydrogens (tertiary/aromatic N) is 3. The Morgan fingerprint density at radius 2 is 1.36 bits per heavy atom. The Morgan fingerprint density at radius 1 is 0.800 bits per heavy atom. The zero-order valence-electron chi connectivity index (χ0n) is 15.2. The molecule has 2 rings (SSSR count). The van der Waals surface area contributed by atoms with Crippen molar-refractivity contribution in [3.05, 3.63) is 47.5 Å². The van der Waals surface area contributed by atoms with Crippen molar-refractivity contribution in [3.8, 4) is 17.2 Å². The van der Waals surface area contributed by atoms with Crippen LogP contribution in [0.4, 0.5) is 5.69 Å². The monoisotopic (exact) mass is 341 g/mol. The van der Waals surface area contributed by atoms with Gasteiger partial charge in [-0.2, -0.15) is 10.2 Å². The zero-order chi connectivity index (χ0) is 18.2. The molecule has 25 heavy (non-hydrogen) atoms. The first-order valence-corrected chi connectivity index (χ1v) is 7.72. The van der Waals surface area contributed by atoms with Gasteiger partial charge in [-0.1, -0.05) is 12.1 Å². The maximum Gasteiger partial charge on any atom is 0.135 e. The molecule has 132 valence electrons. The minimum absolute atomic E-state index is 0.602. The molecule has 0 atom stereocenters. The Labute approximate surface area is 148 Å². The lowest BCUT2D eigenvalue weighted by molar-refractivity contribution is 0.374. The molecule has 0 unspecified atom stereocenters. The molecule has 0 bridgehead atoms. The van der Waals surface area contributed by atoms with Crippen LogP contribution in [0.1, 0.15) is 11.1 Å². The molecule has 6 heteroatoms. The predicted octanol–water partition coefficient (Wildman–Crippen LogP) is 3.23. The second-order valence-corrected chi connectivity index (χ2v) is 5.42. The van der Waals surface area contributed by atoms with E-state index >= 15 is 0 Å². The molecule has 0 aliphatic heterocycles. The van der Waals surface area contributed by atoms with Gasteiger partial charge in [-0.25, -0.2) is 0 Å². The van der Waals surface area contributed by atoms with E-state index in [9.17, 15) is 0 Å². The summed E-state index contributed by atoms with van der Waals surface area (Å²) >= 11 is 0. The number of anilines is 1. The maximum absolute atomic E-state index is 5.37. The quantitative estimate of drug-likeness (QED) is 0.573. The summed E-state index contributed by atoms with van der Waals surface area (Å²) in [6.45, 7) is 0.